The van der Waals surface area contributed by atoms with Gasteiger partial charge in [-0.1, -0.05) is 0 Å². The Bertz CT molecular complexity index is 450. The van der Waals surface area contributed by atoms with Gasteiger partial charge in [-0.2, -0.15) is 0 Å². The fraction of sp³-hybridized carbons (Fsp3) is 0.417. The van der Waals surface area contributed by atoms with Gasteiger partial charge in [0, 0.05) is 13.1 Å². The molecule has 18 heavy (non-hydrogen) atoms. The van der Waals surface area contributed by atoms with Crippen LogP contribution in [0.25, 0.3) is 0 Å². The molecule has 1 aliphatic heterocycles. The zero-order chi connectivity index (χ0) is 13.1. The highest BCUT2D eigenvalue weighted by atomic mass is 16.5. The van der Waals surface area contributed by atoms with Crippen molar-refractivity contribution in [3.63, 3.8) is 0 Å². The van der Waals surface area contributed by atoms with Gasteiger partial charge in [0.25, 0.3) is 5.91 Å². The monoisotopic (exact) mass is 252 g/mol. The molecule has 6 heteroatoms. The number of hydrogen-bond donors (Lipinski definition) is 3. The van der Waals surface area contributed by atoms with E-state index in [-0.39, 0.29) is 29.0 Å². The number of carbonyl (C=O) groups excluding carboxylic acids is 1. The summed E-state index contributed by atoms with van der Waals surface area (Å²) in [4.78, 5) is 13.9. The average Bonchev–Trinajstić information content (AvgIpc) is 2.40. The van der Waals surface area contributed by atoms with Crippen LogP contribution in [-0.2, 0) is 4.74 Å². The van der Waals surface area contributed by atoms with Gasteiger partial charge in [-0.05, 0) is 18.2 Å². The minimum Gasteiger partial charge on any atom is -0.508 e. The van der Waals surface area contributed by atoms with Gasteiger partial charge in [0.05, 0.1) is 24.8 Å². The Hall–Kier alpha value is -1.79. The van der Waals surface area contributed by atoms with E-state index < -0.39 is 0 Å². The summed E-state index contributed by atoms with van der Waals surface area (Å²) >= 11 is 0. The van der Waals surface area contributed by atoms with Gasteiger partial charge >= 0.3 is 0 Å². The quantitative estimate of drug-likeness (QED) is 0.639. The van der Waals surface area contributed by atoms with Crippen LogP contribution < -0.4 is 5.73 Å². The van der Waals surface area contributed by atoms with E-state index in [0.29, 0.717) is 26.3 Å². The summed E-state index contributed by atoms with van der Waals surface area (Å²) in [5, 5.41) is 19.1. The van der Waals surface area contributed by atoms with E-state index in [9.17, 15) is 15.0 Å². The van der Waals surface area contributed by atoms with Crippen LogP contribution in [0.1, 0.15) is 10.4 Å². The average molecular weight is 252 g/mol. The van der Waals surface area contributed by atoms with Gasteiger partial charge in [0.15, 0.2) is 0 Å². The fourth-order valence-corrected chi connectivity index (χ4v) is 1.97. The summed E-state index contributed by atoms with van der Waals surface area (Å²) in [5.41, 5.74) is 5.67. The summed E-state index contributed by atoms with van der Waals surface area (Å²) in [6, 6.07) is 3.67. The summed E-state index contributed by atoms with van der Waals surface area (Å²) in [5.74, 6) is -0.559. The number of hydrogen-bond acceptors (Lipinski definition) is 5. The normalized spacial score (nSPS) is 19.8. The van der Waals surface area contributed by atoms with Gasteiger partial charge in [0.2, 0.25) is 0 Å². The summed E-state index contributed by atoms with van der Waals surface area (Å²) in [6.07, 6.45) is 0. The van der Waals surface area contributed by atoms with E-state index in [2.05, 4.69) is 0 Å². The first-order chi connectivity index (χ1) is 8.63. The highest BCUT2D eigenvalue weighted by molar-refractivity contribution is 5.97. The summed E-state index contributed by atoms with van der Waals surface area (Å²) in [7, 11) is 0. The van der Waals surface area contributed by atoms with Crippen molar-refractivity contribution in [2.45, 2.75) is 6.04 Å². The van der Waals surface area contributed by atoms with E-state index in [0.717, 1.165) is 0 Å². The lowest BCUT2D eigenvalue weighted by Crippen LogP contribution is -2.52. The second-order valence-corrected chi connectivity index (χ2v) is 4.16. The summed E-state index contributed by atoms with van der Waals surface area (Å²) < 4.78 is 5.26. The highest BCUT2D eigenvalue weighted by Crippen LogP contribution is 2.24. The molecule has 1 saturated heterocycles. The number of morpholine rings is 1. The topological polar surface area (TPSA) is 96.0 Å². The Kier molecular flexibility index (Phi) is 3.69. The van der Waals surface area contributed by atoms with E-state index in [1.54, 1.807) is 4.90 Å². The first-order valence-corrected chi connectivity index (χ1v) is 5.74. The Morgan fingerprint density at radius 3 is 3.00 bits per heavy atom. The van der Waals surface area contributed by atoms with Crippen LogP contribution in [0.15, 0.2) is 18.2 Å². The van der Waals surface area contributed by atoms with Gasteiger partial charge in [-0.3, -0.25) is 4.79 Å². The number of rotatable bonds is 2. The molecule has 2 rings (SSSR count). The van der Waals surface area contributed by atoms with Crippen LogP contribution in [0.4, 0.5) is 0 Å². The standard InChI is InChI=1S/C12H16N2O4/c13-6-8-7-18-4-3-14(8)12(17)10-5-9(15)1-2-11(10)16/h1-2,5,8,15-16H,3-4,6-7,13H2. The van der Waals surface area contributed by atoms with Crippen molar-refractivity contribution in [2.24, 2.45) is 5.73 Å². The van der Waals surface area contributed by atoms with E-state index in [1.165, 1.54) is 18.2 Å². The van der Waals surface area contributed by atoms with Crippen molar-refractivity contribution in [2.75, 3.05) is 26.3 Å². The van der Waals surface area contributed by atoms with Crippen LogP contribution in [0.2, 0.25) is 0 Å². The number of ether oxygens (including phenoxy) is 1. The first-order valence-electron chi connectivity index (χ1n) is 5.74. The van der Waals surface area contributed by atoms with Crippen molar-refractivity contribution in [1.82, 2.24) is 4.90 Å². The number of phenols is 2. The Morgan fingerprint density at radius 2 is 2.28 bits per heavy atom. The number of carbonyl (C=O) groups is 1. The van der Waals surface area contributed by atoms with E-state index in [1.807, 2.05) is 0 Å². The minimum atomic E-state index is -0.345. The van der Waals surface area contributed by atoms with Gasteiger partial charge < -0.3 is 25.6 Å². The third-order valence-corrected chi connectivity index (χ3v) is 2.97. The minimum absolute atomic E-state index is 0.0614. The summed E-state index contributed by atoms with van der Waals surface area (Å²) in [6.45, 7) is 1.56. The predicted octanol–water partition coefficient (Wildman–Crippen LogP) is -0.103. The molecule has 0 saturated carbocycles. The molecule has 1 aromatic rings. The second-order valence-electron chi connectivity index (χ2n) is 4.16. The molecular formula is C12H16N2O4. The van der Waals surface area contributed by atoms with Gasteiger partial charge in [-0.25, -0.2) is 0 Å². The van der Waals surface area contributed by atoms with Gasteiger partial charge in [0.1, 0.15) is 11.5 Å². The number of amides is 1. The lowest BCUT2D eigenvalue weighted by Gasteiger charge is -2.35. The lowest BCUT2D eigenvalue weighted by atomic mass is 10.1. The smallest absolute Gasteiger partial charge is 0.258 e. The third-order valence-electron chi connectivity index (χ3n) is 2.97. The largest absolute Gasteiger partial charge is 0.508 e. The first kappa shape index (κ1) is 12.7. The number of phenolic OH excluding ortho intramolecular Hbond substituents is 2. The molecular weight excluding hydrogens is 236 g/mol. The fourth-order valence-electron chi connectivity index (χ4n) is 1.97. The molecule has 0 aliphatic carbocycles. The molecule has 0 bridgehead atoms. The van der Waals surface area contributed by atoms with Gasteiger partial charge in [-0.15, -0.1) is 0 Å². The van der Waals surface area contributed by atoms with Crippen LogP contribution in [0.5, 0.6) is 11.5 Å². The molecule has 1 heterocycles. The van der Waals surface area contributed by atoms with Crippen molar-refractivity contribution < 1.29 is 19.7 Å². The maximum atomic E-state index is 12.3. The third kappa shape index (κ3) is 2.39. The lowest BCUT2D eigenvalue weighted by molar-refractivity contribution is 0.000681. The van der Waals surface area contributed by atoms with E-state index >= 15 is 0 Å². The molecule has 4 N–H and O–H groups in total. The molecule has 1 atom stereocenters. The number of benzene rings is 1. The van der Waals surface area contributed by atoms with Crippen LogP contribution >= 0.6 is 0 Å². The maximum Gasteiger partial charge on any atom is 0.258 e. The molecule has 98 valence electrons. The number of nitrogens with two attached hydrogens (primary N) is 1. The Labute approximate surface area is 105 Å². The molecule has 1 aliphatic rings. The molecule has 0 spiro atoms. The van der Waals surface area contributed by atoms with E-state index in [4.69, 9.17) is 10.5 Å². The molecule has 1 unspecified atom stereocenters. The molecule has 1 aromatic carbocycles. The molecule has 0 aromatic heterocycles. The van der Waals surface area contributed by atoms with Crippen molar-refractivity contribution in [1.29, 1.82) is 0 Å². The molecule has 1 amide bonds. The SMILES string of the molecule is NCC1COCCN1C(=O)c1cc(O)ccc1O. The van der Waals surface area contributed by atoms with Crippen LogP contribution in [0, 0.1) is 0 Å². The predicted molar refractivity (Wildman–Crippen MR) is 64.5 cm³/mol. The second kappa shape index (κ2) is 5.24. The number of nitrogens with zero attached hydrogens (tertiary/aromatic N) is 1. The Balaban J connectivity index is 2.26. The Morgan fingerprint density at radius 1 is 1.50 bits per heavy atom. The van der Waals surface area contributed by atoms with Crippen molar-refractivity contribution in [3.05, 3.63) is 23.8 Å². The highest BCUT2D eigenvalue weighted by Gasteiger charge is 2.28. The molecule has 0 radical (unpaired) electrons. The molecule has 1 fully saturated rings. The zero-order valence-electron chi connectivity index (χ0n) is 9.87. The van der Waals surface area contributed by atoms with Crippen molar-refractivity contribution >= 4 is 5.91 Å². The number of aromatic hydroxyl groups is 2. The van der Waals surface area contributed by atoms with Crippen LogP contribution in [-0.4, -0.2) is 53.4 Å². The zero-order valence-corrected chi connectivity index (χ0v) is 9.87. The molecule has 6 nitrogen and oxygen atoms in total. The van der Waals surface area contributed by atoms with Crippen molar-refractivity contribution in [3.8, 4) is 11.5 Å². The van der Waals surface area contributed by atoms with Crippen LogP contribution in [0.3, 0.4) is 0 Å². The maximum absolute atomic E-state index is 12.3.